The second-order valence-corrected chi connectivity index (χ2v) is 7.26. The number of likely N-dealkylation sites (N-methyl/N-ethyl adjacent to an activating group) is 1. The standard InChI is InChI=1S/C17H29NO/c1-16(2,3)13-10-8-9-11-14(13)19-12-15(18-7)17(4,5)6/h8-11,15,18H,12H2,1-7H3. The van der Waals surface area contributed by atoms with Gasteiger partial charge in [0.05, 0.1) is 0 Å². The molecule has 0 fully saturated rings. The van der Waals surface area contributed by atoms with Crippen molar-refractivity contribution in [2.45, 2.75) is 53.0 Å². The Balaban J connectivity index is 2.84. The summed E-state index contributed by atoms with van der Waals surface area (Å²) >= 11 is 0. The molecule has 2 heteroatoms. The SMILES string of the molecule is CNC(COc1ccccc1C(C)(C)C)C(C)(C)C. The van der Waals surface area contributed by atoms with Crippen LogP contribution < -0.4 is 10.1 Å². The Morgan fingerprint density at radius 3 is 2.11 bits per heavy atom. The third-order valence-electron chi connectivity index (χ3n) is 3.49. The first kappa shape index (κ1) is 16.0. The van der Waals surface area contributed by atoms with Gasteiger partial charge in [-0.25, -0.2) is 0 Å². The lowest BCUT2D eigenvalue weighted by molar-refractivity contribution is 0.179. The monoisotopic (exact) mass is 263 g/mol. The van der Waals surface area contributed by atoms with E-state index in [2.05, 4.69) is 65.1 Å². The highest BCUT2D eigenvalue weighted by molar-refractivity contribution is 5.38. The van der Waals surface area contributed by atoms with E-state index in [-0.39, 0.29) is 10.8 Å². The van der Waals surface area contributed by atoms with Gasteiger partial charge in [-0.2, -0.15) is 0 Å². The first-order valence-electron chi connectivity index (χ1n) is 7.06. The summed E-state index contributed by atoms with van der Waals surface area (Å²) in [6.07, 6.45) is 0. The van der Waals surface area contributed by atoms with Crippen LogP contribution in [0.25, 0.3) is 0 Å². The van der Waals surface area contributed by atoms with Crippen molar-refractivity contribution in [2.75, 3.05) is 13.7 Å². The number of hydrogen-bond donors (Lipinski definition) is 1. The van der Waals surface area contributed by atoms with Crippen molar-refractivity contribution in [2.24, 2.45) is 5.41 Å². The zero-order valence-electron chi connectivity index (χ0n) is 13.5. The van der Waals surface area contributed by atoms with Crippen molar-refractivity contribution in [3.05, 3.63) is 29.8 Å². The van der Waals surface area contributed by atoms with Gasteiger partial charge in [0.15, 0.2) is 0 Å². The second kappa shape index (κ2) is 5.96. The van der Waals surface area contributed by atoms with Gasteiger partial charge >= 0.3 is 0 Å². The van der Waals surface area contributed by atoms with Crippen LogP contribution in [0.5, 0.6) is 5.75 Å². The molecule has 1 atom stereocenters. The molecule has 1 unspecified atom stereocenters. The third-order valence-corrected chi connectivity index (χ3v) is 3.49. The van der Waals surface area contributed by atoms with Gasteiger partial charge < -0.3 is 10.1 Å². The van der Waals surface area contributed by atoms with E-state index in [0.29, 0.717) is 12.6 Å². The fourth-order valence-electron chi connectivity index (χ4n) is 2.15. The Morgan fingerprint density at radius 2 is 1.63 bits per heavy atom. The lowest BCUT2D eigenvalue weighted by Gasteiger charge is -2.31. The first-order valence-corrected chi connectivity index (χ1v) is 7.06. The molecule has 0 aliphatic heterocycles. The fourth-order valence-corrected chi connectivity index (χ4v) is 2.15. The summed E-state index contributed by atoms with van der Waals surface area (Å²) in [6, 6.07) is 8.67. The molecule has 0 saturated carbocycles. The van der Waals surface area contributed by atoms with Crippen LogP contribution in [0.2, 0.25) is 0 Å². The van der Waals surface area contributed by atoms with Gasteiger partial charge in [0, 0.05) is 6.04 Å². The van der Waals surface area contributed by atoms with Crippen LogP contribution in [0.3, 0.4) is 0 Å². The number of ether oxygens (including phenoxy) is 1. The number of rotatable bonds is 4. The predicted octanol–water partition coefficient (Wildman–Crippen LogP) is 4.00. The van der Waals surface area contributed by atoms with E-state index in [1.807, 2.05) is 13.1 Å². The molecular formula is C17H29NO. The summed E-state index contributed by atoms with van der Waals surface area (Å²) in [6.45, 7) is 14.0. The van der Waals surface area contributed by atoms with E-state index in [1.165, 1.54) is 5.56 Å². The van der Waals surface area contributed by atoms with Gasteiger partial charge in [-0.15, -0.1) is 0 Å². The molecule has 0 radical (unpaired) electrons. The Labute approximate surface area is 118 Å². The number of benzene rings is 1. The molecule has 1 N–H and O–H groups in total. The molecule has 1 aromatic carbocycles. The molecule has 0 heterocycles. The average molecular weight is 263 g/mol. The maximum atomic E-state index is 6.08. The number of hydrogen-bond acceptors (Lipinski definition) is 2. The minimum absolute atomic E-state index is 0.105. The molecule has 0 aromatic heterocycles. The van der Waals surface area contributed by atoms with Crippen LogP contribution >= 0.6 is 0 Å². The maximum Gasteiger partial charge on any atom is 0.123 e. The quantitative estimate of drug-likeness (QED) is 0.886. The highest BCUT2D eigenvalue weighted by Gasteiger charge is 2.25. The Hall–Kier alpha value is -1.02. The van der Waals surface area contributed by atoms with Gasteiger partial charge in [-0.3, -0.25) is 0 Å². The third kappa shape index (κ3) is 4.54. The highest BCUT2D eigenvalue weighted by atomic mass is 16.5. The zero-order chi connectivity index (χ0) is 14.7. The average Bonchev–Trinajstić information content (AvgIpc) is 2.27. The molecule has 2 nitrogen and oxygen atoms in total. The molecule has 0 aliphatic rings. The fraction of sp³-hybridized carbons (Fsp3) is 0.647. The van der Waals surface area contributed by atoms with E-state index < -0.39 is 0 Å². The van der Waals surface area contributed by atoms with Crippen molar-refractivity contribution in [3.8, 4) is 5.75 Å². The van der Waals surface area contributed by atoms with Crippen LogP contribution in [0.1, 0.15) is 47.1 Å². The van der Waals surface area contributed by atoms with Crippen LogP contribution in [0.15, 0.2) is 24.3 Å². The van der Waals surface area contributed by atoms with Gasteiger partial charge in [0.1, 0.15) is 12.4 Å². The molecule has 1 rings (SSSR count). The Bertz CT molecular complexity index is 398. The molecular weight excluding hydrogens is 234 g/mol. The maximum absolute atomic E-state index is 6.08. The topological polar surface area (TPSA) is 21.3 Å². The molecule has 1 aromatic rings. The van der Waals surface area contributed by atoms with Crippen molar-refractivity contribution >= 4 is 0 Å². The molecule has 0 saturated heterocycles. The van der Waals surface area contributed by atoms with Gasteiger partial charge in [0.25, 0.3) is 0 Å². The van der Waals surface area contributed by atoms with E-state index in [0.717, 1.165) is 5.75 Å². The highest BCUT2D eigenvalue weighted by Crippen LogP contribution is 2.31. The minimum atomic E-state index is 0.105. The number of para-hydroxylation sites is 1. The van der Waals surface area contributed by atoms with Crippen molar-refractivity contribution in [3.63, 3.8) is 0 Å². The molecule has 0 aliphatic carbocycles. The lowest BCUT2D eigenvalue weighted by atomic mass is 9.86. The van der Waals surface area contributed by atoms with Crippen LogP contribution in [-0.2, 0) is 5.41 Å². The molecule has 108 valence electrons. The molecule has 0 spiro atoms. The summed E-state index contributed by atoms with van der Waals surface area (Å²) in [5, 5.41) is 3.35. The second-order valence-electron chi connectivity index (χ2n) is 7.26. The minimum Gasteiger partial charge on any atom is -0.492 e. The Morgan fingerprint density at radius 1 is 1.05 bits per heavy atom. The van der Waals surface area contributed by atoms with E-state index in [1.54, 1.807) is 0 Å². The number of nitrogens with one attached hydrogen (secondary N) is 1. The van der Waals surface area contributed by atoms with Crippen LogP contribution in [-0.4, -0.2) is 19.7 Å². The van der Waals surface area contributed by atoms with Crippen LogP contribution in [0.4, 0.5) is 0 Å². The summed E-state index contributed by atoms with van der Waals surface area (Å²) in [4.78, 5) is 0. The predicted molar refractivity (Wildman–Crippen MR) is 82.9 cm³/mol. The van der Waals surface area contributed by atoms with Crippen molar-refractivity contribution in [1.82, 2.24) is 5.32 Å². The van der Waals surface area contributed by atoms with Crippen molar-refractivity contribution in [1.29, 1.82) is 0 Å². The van der Waals surface area contributed by atoms with E-state index in [9.17, 15) is 0 Å². The molecule has 0 bridgehead atoms. The summed E-state index contributed by atoms with van der Waals surface area (Å²) in [7, 11) is 1.99. The van der Waals surface area contributed by atoms with Crippen molar-refractivity contribution < 1.29 is 4.74 Å². The summed E-state index contributed by atoms with van der Waals surface area (Å²) in [5.41, 5.74) is 1.55. The smallest absolute Gasteiger partial charge is 0.123 e. The molecule has 0 amide bonds. The van der Waals surface area contributed by atoms with Crippen LogP contribution in [0, 0.1) is 5.41 Å². The largest absolute Gasteiger partial charge is 0.492 e. The van der Waals surface area contributed by atoms with E-state index in [4.69, 9.17) is 4.74 Å². The normalized spacial score (nSPS) is 14.3. The van der Waals surface area contributed by atoms with Gasteiger partial charge in [0.2, 0.25) is 0 Å². The molecule has 19 heavy (non-hydrogen) atoms. The lowest BCUT2D eigenvalue weighted by Crippen LogP contribution is -2.42. The summed E-state index contributed by atoms with van der Waals surface area (Å²) in [5.74, 6) is 1.000. The first-order chi connectivity index (χ1) is 8.66. The Kier molecular flexibility index (Phi) is 5.03. The van der Waals surface area contributed by atoms with Gasteiger partial charge in [-0.1, -0.05) is 59.7 Å². The summed E-state index contributed by atoms with van der Waals surface area (Å²) < 4.78 is 6.08. The zero-order valence-corrected chi connectivity index (χ0v) is 13.5. The van der Waals surface area contributed by atoms with E-state index >= 15 is 0 Å². The van der Waals surface area contributed by atoms with Gasteiger partial charge in [-0.05, 0) is 29.5 Å².